The topological polar surface area (TPSA) is 119 Å². The van der Waals surface area contributed by atoms with Gasteiger partial charge in [0.15, 0.2) is 5.13 Å². The van der Waals surface area contributed by atoms with Crippen LogP contribution in [0.1, 0.15) is 39.5 Å². The molecule has 1 N–H and O–H groups in total. The quantitative estimate of drug-likeness (QED) is 0.159. The Morgan fingerprint density at radius 3 is 2.69 bits per heavy atom. The van der Waals surface area contributed by atoms with Crippen LogP contribution in [-0.2, 0) is 14.3 Å². The summed E-state index contributed by atoms with van der Waals surface area (Å²) in [5, 5.41) is 11.3. The molecule has 1 aromatic carbocycles. The first kappa shape index (κ1) is 24.8. The molecule has 9 nitrogen and oxygen atoms in total. The van der Waals surface area contributed by atoms with Crippen LogP contribution in [-0.4, -0.2) is 45.9 Å². The Morgan fingerprint density at radius 2 is 2.00 bits per heavy atom. The van der Waals surface area contributed by atoms with Crippen molar-refractivity contribution in [2.45, 2.75) is 19.9 Å². The number of pyridine rings is 1. The predicted molar refractivity (Wildman–Crippen MR) is 134 cm³/mol. The fraction of sp³-hybridized carbons (Fsp3) is 0.192. The van der Waals surface area contributed by atoms with Crippen LogP contribution in [0.3, 0.4) is 0 Å². The van der Waals surface area contributed by atoms with Crippen LogP contribution in [0, 0.1) is 6.92 Å². The van der Waals surface area contributed by atoms with Crippen molar-refractivity contribution in [2.75, 3.05) is 18.1 Å². The highest BCUT2D eigenvalue weighted by atomic mass is 32.1. The van der Waals surface area contributed by atoms with Gasteiger partial charge >= 0.3 is 11.9 Å². The van der Waals surface area contributed by atoms with Crippen molar-refractivity contribution in [3.63, 3.8) is 0 Å². The molecule has 1 saturated heterocycles. The zero-order chi connectivity index (χ0) is 25.8. The van der Waals surface area contributed by atoms with E-state index in [0.717, 1.165) is 11.3 Å². The molecule has 4 rings (SSSR count). The monoisotopic (exact) mass is 505 g/mol. The van der Waals surface area contributed by atoms with Crippen LogP contribution < -0.4 is 9.64 Å². The number of ketones is 1. The minimum atomic E-state index is -1.01. The third-order valence-corrected chi connectivity index (χ3v) is 6.53. The molecule has 0 aliphatic carbocycles. The van der Waals surface area contributed by atoms with E-state index >= 15 is 0 Å². The molecule has 184 valence electrons. The largest absolute Gasteiger partial charge is 0.507 e. The van der Waals surface area contributed by atoms with E-state index in [-0.39, 0.29) is 27.9 Å². The molecule has 1 fully saturated rings. The molecular weight excluding hydrogens is 482 g/mol. The summed E-state index contributed by atoms with van der Waals surface area (Å²) in [7, 11) is 0. The van der Waals surface area contributed by atoms with Gasteiger partial charge in [-0.2, -0.15) is 0 Å². The van der Waals surface area contributed by atoms with Gasteiger partial charge in [-0.25, -0.2) is 9.78 Å². The number of amides is 1. The Balaban J connectivity index is 1.89. The van der Waals surface area contributed by atoms with E-state index in [4.69, 9.17) is 9.47 Å². The average Bonchev–Trinajstić information content (AvgIpc) is 3.39. The molecule has 1 unspecified atom stereocenters. The minimum Gasteiger partial charge on any atom is -0.507 e. The minimum absolute atomic E-state index is 0.0200. The lowest BCUT2D eigenvalue weighted by molar-refractivity contribution is -0.132. The number of aryl methyl sites for hydroxylation is 1. The summed E-state index contributed by atoms with van der Waals surface area (Å²) in [4.78, 5) is 48.8. The zero-order valence-electron chi connectivity index (χ0n) is 19.6. The van der Waals surface area contributed by atoms with Gasteiger partial charge in [0.1, 0.15) is 23.0 Å². The number of hydrogen-bond acceptors (Lipinski definition) is 9. The molecule has 2 aromatic heterocycles. The SMILES string of the molecule is C=CCOC(=O)c1sc(N2C(=O)C(=O)C(=C(O)c3ccncc3)C2c2cccc(OCC)c2)nc1C. The highest BCUT2D eigenvalue weighted by Gasteiger charge is 2.48. The van der Waals surface area contributed by atoms with E-state index in [9.17, 15) is 19.5 Å². The Morgan fingerprint density at radius 1 is 1.25 bits per heavy atom. The molecule has 1 amide bonds. The summed E-state index contributed by atoms with van der Waals surface area (Å²) in [6, 6.07) is 8.98. The number of thiazole rings is 1. The lowest BCUT2D eigenvalue weighted by atomic mass is 9.95. The number of nitrogens with zero attached hydrogens (tertiary/aromatic N) is 3. The molecule has 0 spiro atoms. The summed E-state index contributed by atoms with van der Waals surface area (Å²) in [6.07, 6.45) is 4.39. The number of hydrogen-bond donors (Lipinski definition) is 1. The molecule has 36 heavy (non-hydrogen) atoms. The zero-order valence-corrected chi connectivity index (χ0v) is 20.4. The number of anilines is 1. The summed E-state index contributed by atoms with van der Waals surface area (Å²) < 4.78 is 10.7. The van der Waals surface area contributed by atoms with Crippen molar-refractivity contribution in [3.05, 3.63) is 88.7 Å². The van der Waals surface area contributed by atoms with E-state index in [1.54, 1.807) is 31.2 Å². The van der Waals surface area contributed by atoms with E-state index in [0.29, 0.717) is 29.2 Å². The average molecular weight is 506 g/mol. The van der Waals surface area contributed by atoms with E-state index in [2.05, 4.69) is 16.5 Å². The van der Waals surface area contributed by atoms with E-state index in [1.165, 1.54) is 35.5 Å². The molecule has 3 aromatic rings. The first-order valence-electron chi connectivity index (χ1n) is 11.1. The second-order valence-corrected chi connectivity index (χ2v) is 8.69. The van der Waals surface area contributed by atoms with Gasteiger partial charge in [0.25, 0.3) is 5.78 Å². The Hall–Kier alpha value is -4.31. The van der Waals surface area contributed by atoms with Crippen LogP contribution >= 0.6 is 11.3 Å². The second-order valence-electron chi connectivity index (χ2n) is 7.71. The number of Topliss-reactive ketones (excluding diaryl/α,β-unsaturated/α-hetero) is 1. The van der Waals surface area contributed by atoms with Gasteiger partial charge in [0.2, 0.25) is 0 Å². The van der Waals surface area contributed by atoms with Gasteiger partial charge in [0, 0.05) is 18.0 Å². The van der Waals surface area contributed by atoms with Crippen molar-refractivity contribution >= 4 is 39.9 Å². The first-order chi connectivity index (χ1) is 17.4. The lowest BCUT2D eigenvalue weighted by Crippen LogP contribution is -2.29. The van der Waals surface area contributed by atoms with Crippen molar-refractivity contribution in [1.29, 1.82) is 0 Å². The molecule has 1 aliphatic heterocycles. The predicted octanol–water partition coefficient (Wildman–Crippen LogP) is 4.21. The molecule has 0 saturated carbocycles. The van der Waals surface area contributed by atoms with Crippen molar-refractivity contribution in [1.82, 2.24) is 9.97 Å². The van der Waals surface area contributed by atoms with Gasteiger partial charge in [-0.1, -0.05) is 36.1 Å². The fourth-order valence-corrected chi connectivity index (χ4v) is 4.81. The maximum absolute atomic E-state index is 13.3. The van der Waals surface area contributed by atoms with Gasteiger partial charge in [0.05, 0.1) is 23.9 Å². The maximum Gasteiger partial charge on any atom is 0.350 e. The summed E-state index contributed by atoms with van der Waals surface area (Å²) >= 11 is 0.931. The van der Waals surface area contributed by atoms with Crippen LogP contribution in [0.2, 0.25) is 0 Å². The molecule has 1 atom stereocenters. The number of aliphatic hydroxyl groups excluding tert-OH is 1. The van der Waals surface area contributed by atoms with Gasteiger partial charge in [-0.05, 0) is 43.7 Å². The van der Waals surface area contributed by atoms with Gasteiger partial charge in [-0.15, -0.1) is 0 Å². The van der Waals surface area contributed by atoms with E-state index in [1.807, 2.05) is 6.92 Å². The lowest BCUT2D eigenvalue weighted by Gasteiger charge is -2.23. The van der Waals surface area contributed by atoms with Crippen LogP contribution in [0.15, 0.2) is 67.0 Å². The Kier molecular flexibility index (Phi) is 7.25. The standard InChI is InChI=1S/C26H23N3O6S/c1-4-13-35-25(33)23-15(3)28-26(36-23)29-20(17-7-6-8-18(14-17)34-5-2)19(22(31)24(29)32)21(30)16-9-11-27-12-10-16/h4,6-12,14,20,30H,1,5,13H2,2-3H3. The van der Waals surface area contributed by atoms with E-state index < -0.39 is 23.7 Å². The number of carbonyl (C=O) groups excluding carboxylic acids is 3. The normalized spacial score (nSPS) is 16.7. The third-order valence-electron chi connectivity index (χ3n) is 5.39. The number of carbonyl (C=O) groups is 3. The Bertz CT molecular complexity index is 1370. The highest BCUT2D eigenvalue weighted by molar-refractivity contribution is 7.17. The summed E-state index contributed by atoms with van der Waals surface area (Å²) in [5.41, 5.74) is 1.10. The second kappa shape index (κ2) is 10.5. The molecular formula is C26H23N3O6S. The van der Waals surface area contributed by atoms with Crippen molar-refractivity contribution < 1.29 is 29.0 Å². The number of ether oxygens (including phenoxy) is 2. The molecule has 0 radical (unpaired) electrons. The van der Waals surface area contributed by atoms with Crippen LogP contribution in [0.25, 0.3) is 5.76 Å². The first-order valence-corrected chi connectivity index (χ1v) is 11.9. The molecule has 1 aliphatic rings. The maximum atomic E-state index is 13.3. The summed E-state index contributed by atoms with van der Waals surface area (Å²) in [5.74, 6) is -2.17. The van der Waals surface area contributed by atoms with Gasteiger partial charge < -0.3 is 14.6 Å². The highest BCUT2D eigenvalue weighted by Crippen LogP contribution is 2.44. The number of aliphatic hydroxyl groups is 1. The molecule has 0 bridgehead atoms. The Labute approximate surface area is 211 Å². The summed E-state index contributed by atoms with van der Waals surface area (Å²) in [6.45, 7) is 7.42. The molecule has 3 heterocycles. The van der Waals surface area contributed by atoms with Crippen LogP contribution in [0.5, 0.6) is 5.75 Å². The smallest absolute Gasteiger partial charge is 0.350 e. The number of esters is 1. The van der Waals surface area contributed by atoms with Crippen molar-refractivity contribution in [2.24, 2.45) is 0 Å². The number of aromatic nitrogens is 2. The molecule has 10 heteroatoms. The third kappa shape index (κ3) is 4.63. The van der Waals surface area contributed by atoms with Crippen LogP contribution in [0.4, 0.5) is 5.13 Å². The number of benzene rings is 1. The number of rotatable bonds is 8. The fourth-order valence-electron chi connectivity index (χ4n) is 3.83. The van der Waals surface area contributed by atoms with Gasteiger partial charge in [-0.3, -0.25) is 19.5 Å². The van der Waals surface area contributed by atoms with Crippen molar-refractivity contribution in [3.8, 4) is 5.75 Å².